The number of fused-ring (bicyclic) bond motifs is 15. The molecule has 0 bridgehead atoms. The predicted molar refractivity (Wildman–Crippen MR) is 261 cm³/mol. The number of hydrogen-bond acceptors (Lipinski definition) is 2. The zero-order valence-corrected chi connectivity index (χ0v) is 35.9. The van der Waals surface area contributed by atoms with Gasteiger partial charge in [0.05, 0.1) is 5.41 Å². The average molecular weight is 808 g/mol. The van der Waals surface area contributed by atoms with Gasteiger partial charge in [-0.2, -0.15) is 0 Å². The molecule has 0 radical (unpaired) electrons. The number of hydrogen-bond donors (Lipinski definition) is 0. The molecule has 63 heavy (non-hydrogen) atoms. The number of para-hydroxylation sites is 1. The first-order valence-corrected chi connectivity index (χ1v) is 22.3. The highest BCUT2D eigenvalue weighted by Crippen LogP contribution is 2.63. The SMILES string of the molecule is CC1(C)c2ccccc2-c2ccc(N(c3ccc(-c4ccc5c(c4)oc4ccccc45)cc3)c3ccc4c(c3)C3(c5ccccc5-4)c4ccccc4C(C)(C)c4ccccc43)cc21. The third-order valence-corrected chi connectivity index (χ3v) is 15.0. The number of anilines is 3. The van der Waals surface area contributed by atoms with Crippen LogP contribution < -0.4 is 4.90 Å². The topological polar surface area (TPSA) is 16.4 Å². The van der Waals surface area contributed by atoms with E-state index in [1.165, 1.54) is 66.8 Å². The fraction of sp³-hybridized carbons (Fsp3) is 0.115. The molecular weight excluding hydrogens is 763 g/mol. The van der Waals surface area contributed by atoms with Crippen LogP contribution in [0.2, 0.25) is 0 Å². The van der Waals surface area contributed by atoms with Crippen LogP contribution in [0.25, 0.3) is 55.3 Å². The fourth-order valence-corrected chi connectivity index (χ4v) is 12.0. The summed E-state index contributed by atoms with van der Waals surface area (Å²) in [5.74, 6) is 0. The summed E-state index contributed by atoms with van der Waals surface area (Å²) >= 11 is 0. The van der Waals surface area contributed by atoms with E-state index in [1.54, 1.807) is 0 Å². The van der Waals surface area contributed by atoms with E-state index in [2.05, 4.69) is 221 Å². The lowest BCUT2D eigenvalue weighted by Gasteiger charge is -2.46. The summed E-state index contributed by atoms with van der Waals surface area (Å²) in [4.78, 5) is 2.48. The predicted octanol–water partition coefficient (Wildman–Crippen LogP) is 16.0. The Morgan fingerprint density at radius 3 is 1.46 bits per heavy atom. The fourth-order valence-electron chi connectivity index (χ4n) is 12.0. The van der Waals surface area contributed by atoms with Gasteiger partial charge in [-0.1, -0.05) is 173 Å². The highest BCUT2D eigenvalue weighted by molar-refractivity contribution is 6.06. The second kappa shape index (κ2) is 12.8. The molecule has 2 heteroatoms. The maximum absolute atomic E-state index is 6.32. The van der Waals surface area contributed by atoms with Gasteiger partial charge in [-0.05, 0) is 132 Å². The minimum atomic E-state index is -0.489. The molecule has 0 aliphatic heterocycles. The molecule has 0 unspecified atom stereocenters. The summed E-state index contributed by atoms with van der Waals surface area (Å²) in [6.07, 6.45) is 0. The van der Waals surface area contributed by atoms with E-state index in [0.29, 0.717) is 0 Å². The zero-order valence-electron chi connectivity index (χ0n) is 35.9. The molecule has 0 amide bonds. The molecule has 3 aliphatic rings. The van der Waals surface area contributed by atoms with E-state index in [-0.39, 0.29) is 10.8 Å². The number of nitrogens with zero attached hydrogens (tertiary/aromatic N) is 1. The first-order valence-electron chi connectivity index (χ1n) is 22.3. The molecule has 0 saturated heterocycles. The van der Waals surface area contributed by atoms with Gasteiger partial charge in [0.25, 0.3) is 0 Å². The van der Waals surface area contributed by atoms with Gasteiger partial charge in [0, 0.05) is 38.7 Å². The molecule has 2 nitrogen and oxygen atoms in total. The molecule has 0 atom stereocenters. The smallest absolute Gasteiger partial charge is 0.136 e. The van der Waals surface area contributed by atoms with Crippen molar-refractivity contribution in [3.63, 3.8) is 0 Å². The summed E-state index contributed by atoms with van der Waals surface area (Å²) in [6.45, 7) is 9.53. The molecule has 0 N–H and O–H groups in total. The van der Waals surface area contributed by atoms with Gasteiger partial charge in [0.2, 0.25) is 0 Å². The molecule has 0 fully saturated rings. The first-order chi connectivity index (χ1) is 30.7. The minimum Gasteiger partial charge on any atom is -0.456 e. The van der Waals surface area contributed by atoms with Crippen LogP contribution in [0, 0.1) is 0 Å². The Balaban J connectivity index is 1.02. The molecule has 10 aromatic rings. The van der Waals surface area contributed by atoms with Crippen molar-refractivity contribution in [2.45, 2.75) is 43.9 Å². The number of rotatable bonds is 4. The van der Waals surface area contributed by atoms with E-state index >= 15 is 0 Å². The van der Waals surface area contributed by atoms with Gasteiger partial charge >= 0.3 is 0 Å². The van der Waals surface area contributed by atoms with Crippen molar-refractivity contribution >= 4 is 39.0 Å². The summed E-state index contributed by atoms with van der Waals surface area (Å²) in [6, 6.07) is 74.8. The molecule has 3 aliphatic carbocycles. The Hall–Kier alpha value is -7.42. The highest BCUT2D eigenvalue weighted by Gasteiger charge is 2.53. The second-order valence-electron chi connectivity index (χ2n) is 18.8. The van der Waals surface area contributed by atoms with Crippen LogP contribution in [0.15, 0.2) is 205 Å². The Morgan fingerprint density at radius 1 is 0.317 bits per heavy atom. The summed E-state index contributed by atoms with van der Waals surface area (Å²) in [5.41, 5.74) is 22.8. The molecular formula is C61H45NO. The van der Waals surface area contributed by atoms with Crippen molar-refractivity contribution in [3.8, 4) is 33.4 Å². The van der Waals surface area contributed by atoms with Gasteiger partial charge in [-0.3, -0.25) is 0 Å². The van der Waals surface area contributed by atoms with Gasteiger partial charge in [0.1, 0.15) is 11.2 Å². The normalized spacial score (nSPS) is 15.4. The van der Waals surface area contributed by atoms with Crippen molar-refractivity contribution in [1.82, 2.24) is 0 Å². The third-order valence-electron chi connectivity index (χ3n) is 15.0. The van der Waals surface area contributed by atoms with Crippen molar-refractivity contribution in [1.29, 1.82) is 0 Å². The lowest BCUT2D eigenvalue weighted by molar-refractivity contribution is 0.563. The largest absolute Gasteiger partial charge is 0.456 e. The molecule has 1 heterocycles. The second-order valence-corrected chi connectivity index (χ2v) is 18.8. The summed E-state index contributed by atoms with van der Waals surface area (Å²) in [7, 11) is 0. The number of benzene rings is 9. The van der Waals surface area contributed by atoms with E-state index in [9.17, 15) is 0 Å². The van der Waals surface area contributed by atoms with E-state index in [4.69, 9.17) is 4.42 Å². The maximum Gasteiger partial charge on any atom is 0.136 e. The lowest BCUT2D eigenvalue weighted by atomic mass is 9.55. The van der Waals surface area contributed by atoms with Gasteiger partial charge in [0.15, 0.2) is 0 Å². The maximum atomic E-state index is 6.32. The quantitative estimate of drug-likeness (QED) is 0.176. The van der Waals surface area contributed by atoms with Crippen molar-refractivity contribution in [2.24, 2.45) is 0 Å². The Labute approximate surface area is 368 Å². The minimum absolute atomic E-state index is 0.140. The molecule has 1 aromatic heterocycles. The van der Waals surface area contributed by atoms with E-state index < -0.39 is 5.41 Å². The van der Waals surface area contributed by atoms with Crippen LogP contribution in [0.4, 0.5) is 17.1 Å². The molecule has 300 valence electrons. The Morgan fingerprint density at radius 2 is 0.778 bits per heavy atom. The van der Waals surface area contributed by atoms with Crippen LogP contribution in [0.3, 0.4) is 0 Å². The van der Waals surface area contributed by atoms with Crippen LogP contribution >= 0.6 is 0 Å². The third kappa shape index (κ3) is 4.84. The monoisotopic (exact) mass is 807 g/mol. The lowest BCUT2D eigenvalue weighted by Crippen LogP contribution is -2.40. The molecule has 0 saturated carbocycles. The summed E-state index contributed by atoms with van der Waals surface area (Å²) in [5, 5.41) is 2.29. The van der Waals surface area contributed by atoms with Gasteiger partial charge in [-0.15, -0.1) is 0 Å². The van der Waals surface area contributed by atoms with Crippen LogP contribution in [0.1, 0.15) is 72.2 Å². The van der Waals surface area contributed by atoms with Crippen molar-refractivity contribution in [2.75, 3.05) is 4.90 Å². The van der Waals surface area contributed by atoms with E-state index in [0.717, 1.165) is 50.1 Å². The molecule has 9 aromatic carbocycles. The summed E-state index contributed by atoms with van der Waals surface area (Å²) < 4.78 is 6.32. The Bertz CT molecular complexity index is 3480. The van der Waals surface area contributed by atoms with Crippen LogP contribution in [-0.2, 0) is 16.2 Å². The highest BCUT2D eigenvalue weighted by atomic mass is 16.3. The molecule has 1 spiro atoms. The van der Waals surface area contributed by atoms with Crippen molar-refractivity contribution < 1.29 is 4.42 Å². The van der Waals surface area contributed by atoms with E-state index in [1.807, 2.05) is 12.1 Å². The van der Waals surface area contributed by atoms with Crippen LogP contribution in [-0.4, -0.2) is 0 Å². The van der Waals surface area contributed by atoms with Gasteiger partial charge in [-0.25, -0.2) is 0 Å². The molecule has 13 rings (SSSR count). The first kappa shape index (κ1) is 36.3. The van der Waals surface area contributed by atoms with Gasteiger partial charge < -0.3 is 9.32 Å². The Kier molecular flexibility index (Phi) is 7.37. The van der Waals surface area contributed by atoms with Crippen LogP contribution in [0.5, 0.6) is 0 Å². The number of furan rings is 1. The average Bonchev–Trinajstić information content (AvgIpc) is 3.92. The standard InChI is InChI=1S/C61H45NO/c1-59(2)49-18-8-5-15-43(49)45-33-30-41(36-55(45)59)62(40-28-25-38(26-29-40)39-27-32-48-47-17-7-14-24-57(47)63-58(48)35-39)42-31-34-46-44-16-6-9-19-50(44)61(56(46)37-42)53-22-12-10-20-51(53)60(3,4)52-21-11-13-23-54(52)61/h5-37H,1-4H3. The van der Waals surface area contributed by atoms with Crippen molar-refractivity contribution in [3.05, 3.63) is 245 Å². The zero-order chi connectivity index (χ0) is 42.2.